The number of thiophene rings is 2. The first-order valence-corrected chi connectivity index (χ1v) is 11.3. The number of hydrogen-bond acceptors (Lipinski definition) is 3. The molecule has 3 heteroatoms. The lowest BCUT2D eigenvalue weighted by Gasteiger charge is -2.05. The van der Waals surface area contributed by atoms with Crippen LogP contribution in [0.5, 0.6) is 0 Å². The molecule has 28 heavy (non-hydrogen) atoms. The van der Waals surface area contributed by atoms with Crippen molar-refractivity contribution in [3.05, 3.63) is 92.3 Å². The molecule has 1 nitrogen and oxygen atoms in total. The maximum Gasteiger partial charge on any atom is 0.214 e. The lowest BCUT2D eigenvalue weighted by molar-refractivity contribution is 0.104. The summed E-state index contributed by atoms with van der Waals surface area (Å²) in [7, 11) is 0. The van der Waals surface area contributed by atoms with Crippen molar-refractivity contribution in [1.82, 2.24) is 0 Å². The first-order valence-electron chi connectivity index (χ1n) is 9.62. The Morgan fingerprint density at radius 1 is 0.679 bits per heavy atom. The van der Waals surface area contributed by atoms with Crippen LogP contribution in [0.4, 0.5) is 0 Å². The van der Waals surface area contributed by atoms with Gasteiger partial charge in [-0.25, -0.2) is 0 Å². The van der Waals surface area contributed by atoms with E-state index in [1.165, 1.54) is 9.75 Å². The summed E-state index contributed by atoms with van der Waals surface area (Å²) >= 11 is 3.27. The Kier molecular flexibility index (Phi) is 5.56. The highest BCUT2D eigenvalue weighted by molar-refractivity contribution is 7.18. The zero-order chi connectivity index (χ0) is 19.5. The highest BCUT2D eigenvalue weighted by atomic mass is 32.1. The van der Waals surface area contributed by atoms with Gasteiger partial charge in [0, 0.05) is 20.9 Å². The quantitative estimate of drug-likeness (QED) is 0.305. The minimum atomic E-state index is 0.145. The van der Waals surface area contributed by atoms with Gasteiger partial charge in [-0.15, -0.1) is 22.7 Å². The third kappa shape index (κ3) is 3.60. The van der Waals surface area contributed by atoms with E-state index in [0.717, 1.165) is 44.8 Å². The van der Waals surface area contributed by atoms with Crippen LogP contribution in [-0.2, 0) is 12.8 Å². The van der Waals surface area contributed by atoms with Gasteiger partial charge in [-0.1, -0.05) is 74.5 Å². The molecule has 0 saturated carbocycles. The van der Waals surface area contributed by atoms with Crippen molar-refractivity contribution >= 4 is 28.5 Å². The normalized spacial score (nSPS) is 10.9. The number of carbonyl (C=O) groups excluding carboxylic acids is 1. The van der Waals surface area contributed by atoms with Gasteiger partial charge >= 0.3 is 0 Å². The minimum Gasteiger partial charge on any atom is -0.287 e. The molecule has 0 N–H and O–H groups in total. The Balaban J connectivity index is 1.85. The molecule has 0 spiro atoms. The lowest BCUT2D eigenvalue weighted by Crippen LogP contribution is -1.99. The molecule has 2 heterocycles. The van der Waals surface area contributed by atoms with Crippen LogP contribution in [-0.4, -0.2) is 5.78 Å². The monoisotopic (exact) mass is 402 g/mol. The van der Waals surface area contributed by atoms with E-state index < -0.39 is 0 Å². The molecule has 0 amide bonds. The highest BCUT2D eigenvalue weighted by Gasteiger charge is 2.23. The van der Waals surface area contributed by atoms with Crippen molar-refractivity contribution in [2.45, 2.75) is 26.7 Å². The number of hydrogen-bond donors (Lipinski definition) is 0. The molecule has 0 aliphatic heterocycles. The van der Waals surface area contributed by atoms with E-state index in [-0.39, 0.29) is 5.78 Å². The molecule has 0 aliphatic carbocycles. The van der Waals surface area contributed by atoms with Crippen molar-refractivity contribution in [2.75, 3.05) is 0 Å². The highest BCUT2D eigenvalue weighted by Crippen LogP contribution is 2.39. The fourth-order valence-electron chi connectivity index (χ4n) is 3.34. The summed E-state index contributed by atoms with van der Waals surface area (Å²) in [4.78, 5) is 17.9. The fourth-order valence-corrected chi connectivity index (χ4v) is 5.53. The van der Waals surface area contributed by atoms with E-state index in [4.69, 9.17) is 0 Å². The van der Waals surface area contributed by atoms with Crippen LogP contribution in [0.15, 0.2) is 72.8 Å². The molecule has 0 saturated heterocycles. The summed E-state index contributed by atoms with van der Waals surface area (Å²) in [5.41, 5.74) is 4.32. The zero-order valence-corrected chi connectivity index (χ0v) is 17.7. The summed E-state index contributed by atoms with van der Waals surface area (Å²) in [6, 6.07) is 24.9. The molecule has 0 atom stereocenters. The fraction of sp³-hybridized carbons (Fsp3) is 0.160. The van der Waals surface area contributed by atoms with E-state index in [9.17, 15) is 4.79 Å². The maximum atomic E-state index is 13.7. The van der Waals surface area contributed by atoms with Gasteiger partial charge in [-0.05, 0) is 36.1 Å². The first kappa shape index (κ1) is 18.9. The second-order valence-corrected chi connectivity index (χ2v) is 8.95. The third-order valence-electron chi connectivity index (χ3n) is 4.85. The summed E-state index contributed by atoms with van der Waals surface area (Å²) in [5.74, 6) is 0.145. The Morgan fingerprint density at radius 3 is 1.43 bits per heavy atom. The Labute approximate surface area is 174 Å². The van der Waals surface area contributed by atoms with Crippen LogP contribution in [0.25, 0.3) is 22.3 Å². The van der Waals surface area contributed by atoms with E-state index in [0.29, 0.717) is 0 Å². The van der Waals surface area contributed by atoms with Gasteiger partial charge in [0.15, 0.2) is 0 Å². The summed E-state index contributed by atoms with van der Waals surface area (Å²) in [6.45, 7) is 4.29. The number of aryl methyl sites for hydroxylation is 2. The first-order chi connectivity index (χ1) is 13.7. The predicted octanol–water partition coefficient (Wildman–Crippen LogP) is 7.50. The van der Waals surface area contributed by atoms with E-state index in [1.807, 2.05) is 36.4 Å². The standard InChI is InChI=1S/C25H22OS2/c1-3-19-15-21(17-11-7-5-8-12-17)24(27-19)23(26)25-22(16-20(4-2)28-25)18-13-9-6-10-14-18/h5-16H,3-4H2,1-2H3. The molecule has 4 aromatic rings. The molecule has 0 unspecified atom stereocenters. The summed E-state index contributed by atoms with van der Waals surface area (Å²) in [5, 5.41) is 0. The molecule has 2 aromatic carbocycles. The summed E-state index contributed by atoms with van der Waals surface area (Å²) < 4.78 is 0. The zero-order valence-electron chi connectivity index (χ0n) is 16.1. The van der Waals surface area contributed by atoms with Crippen LogP contribution in [0, 0.1) is 0 Å². The minimum absolute atomic E-state index is 0.145. The van der Waals surface area contributed by atoms with Crippen LogP contribution >= 0.6 is 22.7 Å². The van der Waals surface area contributed by atoms with Crippen molar-refractivity contribution in [3.8, 4) is 22.3 Å². The topological polar surface area (TPSA) is 17.1 Å². The Morgan fingerprint density at radius 2 is 1.07 bits per heavy atom. The average Bonchev–Trinajstić information content (AvgIpc) is 3.39. The number of ketones is 1. The van der Waals surface area contributed by atoms with Crippen LogP contribution in [0.3, 0.4) is 0 Å². The van der Waals surface area contributed by atoms with Gasteiger partial charge in [-0.2, -0.15) is 0 Å². The number of rotatable bonds is 6. The largest absolute Gasteiger partial charge is 0.287 e. The van der Waals surface area contributed by atoms with Gasteiger partial charge in [-0.3, -0.25) is 4.79 Å². The third-order valence-corrected chi connectivity index (χ3v) is 7.40. The van der Waals surface area contributed by atoms with Gasteiger partial charge in [0.25, 0.3) is 0 Å². The van der Waals surface area contributed by atoms with Crippen LogP contribution < -0.4 is 0 Å². The maximum absolute atomic E-state index is 13.7. The van der Waals surface area contributed by atoms with Gasteiger partial charge < -0.3 is 0 Å². The van der Waals surface area contributed by atoms with E-state index in [2.05, 4.69) is 50.2 Å². The van der Waals surface area contributed by atoms with Crippen LogP contribution in [0.2, 0.25) is 0 Å². The molecule has 0 fully saturated rings. The number of benzene rings is 2. The molecular weight excluding hydrogens is 380 g/mol. The van der Waals surface area contributed by atoms with Crippen LogP contribution in [0.1, 0.15) is 38.2 Å². The predicted molar refractivity (Wildman–Crippen MR) is 122 cm³/mol. The van der Waals surface area contributed by atoms with Crippen molar-refractivity contribution in [2.24, 2.45) is 0 Å². The average molecular weight is 403 g/mol. The van der Waals surface area contributed by atoms with Crippen molar-refractivity contribution < 1.29 is 4.79 Å². The summed E-state index contributed by atoms with van der Waals surface area (Å²) in [6.07, 6.45) is 1.88. The second kappa shape index (κ2) is 8.26. The molecule has 4 rings (SSSR count). The molecular formula is C25H22OS2. The molecule has 140 valence electrons. The molecule has 2 aromatic heterocycles. The molecule has 0 aliphatic rings. The van der Waals surface area contributed by atoms with E-state index in [1.54, 1.807) is 22.7 Å². The Bertz CT molecular complexity index is 1000. The molecule has 0 radical (unpaired) electrons. The van der Waals surface area contributed by atoms with Crippen molar-refractivity contribution in [1.29, 1.82) is 0 Å². The van der Waals surface area contributed by atoms with E-state index >= 15 is 0 Å². The lowest BCUT2D eigenvalue weighted by atomic mass is 10.00. The smallest absolute Gasteiger partial charge is 0.214 e. The second-order valence-electron chi connectivity index (χ2n) is 6.68. The van der Waals surface area contributed by atoms with Crippen molar-refractivity contribution in [3.63, 3.8) is 0 Å². The van der Waals surface area contributed by atoms with Gasteiger partial charge in [0.05, 0.1) is 9.75 Å². The Hall–Kier alpha value is -2.49. The van der Waals surface area contributed by atoms with Gasteiger partial charge in [0.1, 0.15) is 0 Å². The molecule has 0 bridgehead atoms. The van der Waals surface area contributed by atoms with Gasteiger partial charge in [0.2, 0.25) is 5.78 Å². The number of carbonyl (C=O) groups is 1. The SMILES string of the molecule is CCc1cc(-c2ccccc2)c(C(=O)c2sc(CC)cc2-c2ccccc2)s1.